The number of carbonyl (C=O) groups is 2. The lowest BCUT2D eigenvalue weighted by Crippen LogP contribution is -2.54. The first-order chi connectivity index (χ1) is 13.9. The molecule has 5 N–H and O–H groups in total. The molecule has 4 atom stereocenters. The van der Waals surface area contributed by atoms with E-state index in [0.29, 0.717) is 24.0 Å². The van der Waals surface area contributed by atoms with E-state index in [1.54, 1.807) is 7.05 Å². The highest BCUT2D eigenvalue weighted by Crippen LogP contribution is 2.49. The van der Waals surface area contributed by atoms with Crippen LogP contribution >= 0.6 is 0 Å². The first-order valence-electron chi connectivity index (χ1n) is 10.1. The minimum absolute atomic E-state index is 0.299. The van der Waals surface area contributed by atoms with Crippen molar-refractivity contribution in [2.24, 2.45) is 17.6 Å². The van der Waals surface area contributed by atoms with Crippen LogP contribution in [0.25, 0.3) is 0 Å². The molecule has 8 nitrogen and oxygen atoms in total. The van der Waals surface area contributed by atoms with Gasteiger partial charge in [-0.25, -0.2) is 9.59 Å². The second-order valence-electron chi connectivity index (χ2n) is 8.04. The van der Waals surface area contributed by atoms with E-state index in [0.717, 1.165) is 43.2 Å². The van der Waals surface area contributed by atoms with E-state index in [4.69, 9.17) is 25.4 Å². The van der Waals surface area contributed by atoms with Crippen molar-refractivity contribution in [1.29, 1.82) is 0 Å². The third-order valence-corrected chi connectivity index (χ3v) is 6.41. The maximum absolute atomic E-state index is 11.3. The van der Waals surface area contributed by atoms with Crippen molar-refractivity contribution in [1.82, 2.24) is 5.32 Å². The van der Waals surface area contributed by atoms with Crippen LogP contribution in [0.15, 0.2) is 18.2 Å². The first-order valence-corrected chi connectivity index (χ1v) is 10.1. The maximum Gasteiger partial charge on any atom is 0.341 e. The lowest BCUT2D eigenvalue weighted by atomic mass is 9.68. The first kappa shape index (κ1) is 21.5. The van der Waals surface area contributed by atoms with Gasteiger partial charge in [-0.15, -0.1) is 0 Å². The normalized spacial score (nSPS) is 26.3. The summed E-state index contributed by atoms with van der Waals surface area (Å²) in [5.41, 5.74) is 8.81. The van der Waals surface area contributed by atoms with Crippen LogP contribution in [0.5, 0.6) is 5.75 Å². The fraction of sp³-hybridized carbons (Fsp3) is 0.619. The number of aliphatic hydroxyl groups is 1. The van der Waals surface area contributed by atoms with Crippen molar-refractivity contribution >= 4 is 11.9 Å². The second kappa shape index (κ2) is 9.11. The molecule has 0 spiro atoms. The number of carboxylic acid groups (broad SMARTS) is 1. The van der Waals surface area contributed by atoms with Crippen molar-refractivity contribution in [3.8, 4) is 5.75 Å². The quantitative estimate of drug-likeness (QED) is 0.350. The van der Waals surface area contributed by atoms with Crippen LogP contribution < -0.4 is 15.8 Å². The van der Waals surface area contributed by atoms with Crippen LogP contribution in [0.4, 0.5) is 0 Å². The average Bonchev–Trinajstić information content (AvgIpc) is 3.02. The number of nitrogens with one attached hydrogen (secondary N) is 1. The van der Waals surface area contributed by atoms with Crippen LogP contribution in [-0.2, 0) is 27.2 Å². The summed E-state index contributed by atoms with van der Waals surface area (Å²) in [6.45, 7) is -0.983. The van der Waals surface area contributed by atoms with E-state index in [-0.39, 0.29) is 12.1 Å². The summed E-state index contributed by atoms with van der Waals surface area (Å²) in [7, 11) is 1.72. The molecule has 0 amide bonds. The molecule has 0 radical (unpaired) electrons. The van der Waals surface area contributed by atoms with Crippen molar-refractivity contribution in [3.63, 3.8) is 0 Å². The van der Waals surface area contributed by atoms with Crippen molar-refractivity contribution in [3.05, 3.63) is 29.3 Å². The maximum atomic E-state index is 11.3. The van der Waals surface area contributed by atoms with Gasteiger partial charge in [0.05, 0.1) is 0 Å². The van der Waals surface area contributed by atoms with Crippen LogP contribution in [0.1, 0.15) is 36.8 Å². The van der Waals surface area contributed by atoms with Gasteiger partial charge >= 0.3 is 11.9 Å². The summed E-state index contributed by atoms with van der Waals surface area (Å²) in [5.74, 6) is -0.387. The molecule has 29 heavy (non-hydrogen) atoms. The zero-order valence-corrected chi connectivity index (χ0v) is 16.7. The minimum Gasteiger partial charge on any atom is -0.482 e. The molecule has 0 bridgehead atoms. The van der Waals surface area contributed by atoms with Crippen molar-refractivity contribution in [2.75, 3.05) is 20.3 Å². The lowest BCUT2D eigenvalue weighted by molar-refractivity contribution is -0.154. The molecule has 8 heteroatoms. The largest absolute Gasteiger partial charge is 0.482 e. The fourth-order valence-electron chi connectivity index (χ4n) is 4.94. The number of aliphatic hydroxyl groups excluding tert-OH is 1. The molecular weight excluding hydrogens is 376 g/mol. The number of nitrogens with two attached hydrogens (primary N) is 1. The number of rotatable bonds is 9. The summed E-state index contributed by atoms with van der Waals surface area (Å²) < 4.78 is 10.7. The topological polar surface area (TPSA) is 131 Å². The van der Waals surface area contributed by atoms with Gasteiger partial charge in [0.25, 0.3) is 0 Å². The molecule has 1 fully saturated rings. The fourth-order valence-corrected chi connectivity index (χ4v) is 4.94. The van der Waals surface area contributed by atoms with Gasteiger partial charge in [-0.3, -0.25) is 5.32 Å². The van der Waals surface area contributed by atoms with Crippen LogP contribution in [-0.4, -0.2) is 54.2 Å². The molecule has 1 saturated carbocycles. The number of hydrogen-bond acceptors (Lipinski definition) is 7. The number of esters is 1. The summed E-state index contributed by atoms with van der Waals surface area (Å²) in [5, 5.41) is 20.7. The SMILES string of the molecule is CNC(CCC1CCC2Cc3c(cccc3OCC(=O)O)CC12N)OC(=O)CO. The Hall–Kier alpha value is -2.16. The molecule has 0 aliphatic heterocycles. The standard InChI is InChI=1S/C21H30N2O6/c1-23-18(29-20(27)11-24)8-7-14-5-6-15-9-16-13(10-21(14,15)22)3-2-4-17(16)28-12-19(25)26/h2-4,14-15,18,23-24H,5-12,22H2,1H3,(H,25,26). The van der Waals surface area contributed by atoms with Crippen molar-refractivity contribution in [2.45, 2.75) is 50.3 Å². The van der Waals surface area contributed by atoms with E-state index in [1.807, 2.05) is 18.2 Å². The predicted octanol–water partition coefficient (Wildman–Crippen LogP) is 0.834. The number of carbonyl (C=O) groups excluding carboxylic acids is 1. The van der Waals surface area contributed by atoms with Crippen LogP contribution in [0, 0.1) is 11.8 Å². The third-order valence-electron chi connectivity index (χ3n) is 6.41. The molecular formula is C21H30N2O6. The number of hydrogen-bond donors (Lipinski definition) is 4. The van der Waals surface area contributed by atoms with Gasteiger partial charge in [0.1, 0.15) is 12.4 Å². The van der Waals surface area contributed by atoms with Gasteiger partial charge in [-0.05, 0) is 74.6 Å². The Bertz CT molecular complexity index is 755. The third kappa shape index (κ3) is 4.71. The Morgan fingerprint density at radius 3 is 2.86 bits per heavy atom. The number of ether oxygens (including phenoxy) is 2. The Labute approximate surface area is 170 Å². The molecule has 1 aromatic rings. The molecule has 0 saturated heterocycles. The Morgan fingerprint density at radius 1 is 1.38 bits per heavy atom. The molecule has 2 aliphatic carbocycles. The molecule has 1 aromatic carbocycles. The minimum atomic E-state index is -0.992. The highest BCUT2D eigenvalue weighted by molar-refractivity contribution is 5.70. The predicted molar refractivity (Wildman–Crippen MR) is 105 cm³/mol. The van der Waals surface area contributed by atoms with Gasteiger partial charge in [0.15, 0.2) is 12.8 Å². The smallest absolute Gasteiger partial charge is 0.341 e. The van der Waals surface area contributed by atoms with Crippen LogP contribution in [0.3, 0.4) is 0 Å². The molecule has 0 heterocycles. The summed E-state index contributed by atoms with van der Waals surface area (Å²) >= 11 is 0. The van der Waals surface area contributed by atoms with Gasteiger partial charge in [-0.1, -0.05) is 12.1 Å². The van der Waals surface area contributed by atoms with Gasteiger partial charge in [-0.2, -0.15) is 0 Å². The Morgan fingerprint density at radius 2 is 2.17 bits per heavy atom. The number of benzene rings is 1. The summed E-state index contributed by atoms with van der Waals surface area (Å²) in [6, 6.07) is 5.75. The number of aliphatic carboxylic acids is 1. The number of carboxylic acids is 1. The van der Waals surface area contributed by atoms with Crippen molar-refractivity contribution < 1.29 is 29.3 Å². The molecule has 4 unspecified atom stereocenters. The highest BCUT2D eigenvalue weighted by atomic mass is 16.6. The van der Waals surface area contributed by atoms with E-state index in [9.17, 15) is 9.59 Å². The Kier molecular flexibility index (Phi) is 6.77. The lowest BCUT2D eigenvalue weighted by Gasteiger charge is -2.42. The van der Waals surface area contributed by atoms with E-state index in [2.05, 4.69) is 5.32 Å². The monoisotopic (exact) mass is 406 g/mol. The Balaban J connectivity index is 1.69. The van der Waals surface area contributed by atoms with E-state index < -0.39 is 24.8 Å². The zero-order valence-electron chi connectivity index (χ0n) is 16.7. The van der Waals surface area contributed by atoms with E-state index in [1.165, 1.54) is 0 Å². The highest BCUT2D eigenvalue weighted by Gasteiger charge is 2.49. The second-order valence-corrected chi connectivity index (χ2v) is 8.04. The molecule has 160 valence electrons. The van der Waals surface area contributed by atoms with Crippen LogP contribution in [0.2, 0.25) is 0 Å². The molecule has 2 aliphatic rings. The van der Waals surface area contributed by atoms with Gasteiger partial charge in [0, 0.05) is 5.54 Å². The zero-order chi connectivity index (χ0) is 21.0. The molecule has 3 rings (SSSR count). The average molecular weight is 406 g/mol. The van der Waals surface area contributed by atoms with Gasteiger partial charge < -0.3 is 25.4 Å². The van der Waals surface area contributed by atoms with E-state index >= 15 is 0 Å². The molecule has 0 aromatic heterocycles. The van der Waals surface area contributed by atoms with Gasteiger partial charge in [0.2, 0.25) is 0 Å². The number of fused-ring (bicyclic) bond motifs is 2. The summed E-state index contributed by atoms with van der Waals surface area (Å²) in [4.78, 5) is 22.2. The summed E-state index contributed by atoms with van der Waals surface area (Å²) in [6.07, 6.45) is 4.54.